The summed E-state index contributed by atoms with van der Waals surface area (Å²) in [5.74, 6) is -0.833. The van der Waals surface area contributed by atoms with E-state index in [1.807, 2.05) is 0 Å². The molecule has 1 heterocycles. The topological polar surface area (TPSA) is 46.5 Å². The lowest BCUT2D eigenvalue weighted by molar-refractivity contribution is -0.157. The largest absolute Gasteiger partial charge is 0.479 e. The molecule has 0 saturated carbocycles. The van der Waals surface area contributed by atoms with E-state index in [1.165, 1.54) is 0 Å². The van der Waals surface area contributed by atoms with E-state index in [0.717, 1.165) is 6.42 Å². The molecule has 0 bridgehead atoms. The molecule has 1 rings (SSSR count). The number of hydrogen-bond donors (Lipinski definition) is 1. The standard InChI is InChI=1S/C8H14O3/c1-8(2)4-3-6(7(9)10)11-5-8/h6H,3-5H2,1-2H3,(H,9,10)/t6-/m0/s1. The third-order valence-electron chi connectivity index (χ3n) is 2.03. The van der Waals surface area contributed by atoms with E-state index in [9.17, 15) is 4.79 Å². The van der Waals surface area contributed by atoms with Gasteiger partial charge in [0.05, 0.1) is 6.61 Å². The van der Waals surface area contributed by atoms with Crippen LogP contribution in [0.5, 0.6) is 0 Å². The fourth-order valence-electron chi connectivity index (χ4n) is 1.20. The van der Waals surface area contributed by atoms with Gasteiger partial charge in [0, 0.05) is 0 Å². The Bertz CT molecular complexity index is 153. The Labute approximate surface area is 66.4 Å². The maximum Gasteiger partial charge on any atom is 0.332 e. The smallest absolute Gasteiger partial charge is 0.332 e. The fraction of sp³-hybridized carbons (Fsp3) is 0.875. The molecule has 3 heteroatoms. The van der Waals surface area contributed by atoms with Crippen LogP contribution < -0.4 is 0 Å². The van der Waals surface area contributed by atoms with Crippen molar-refractivity contribution in [3.05, 3.63) is 0 Å². The Morgan fingerprint density at radius 2 is 2.27 bits per heavy atom. The van der Waals surface area contributed by atoms with Crippen LogP contribution in [0.4, 0.5) is 0 Å². The monoisotopic (exact) mass is 158 g/mol. The van der Waals surface area contributed by atoms with Crippen LogP contribution in [0, 0.1) is 5.41 Å². The van der Waals surface area contributed by atoms with Crippen LogP contribution >= 0.6 is 0 Å². The van der Waals surface area contributed by atoms with Crippen molar-refractivity contribution in [1.82, 2.24) is 0 Å². The Balaban J connectivity index is 2.42. The van der Waals surface area contributed by atoms with E-state index in [2.05, 4.69) is 13.8 Å². The van der Waals surface area contributed by atoms with Crippen molar-refractivity contribution in [3.8, 4) is 0 Å². The van der Waals surface area contributed by atoms with E-state index in [1.54, 1.807) is 0 Å². The summed E-state index contributed by atoms with van der Waals surface area (Å²) in [7, 11) is 0. The zero-order valence-electron chi connectivity index (χ0n) is 6.96. The van der Waals surface area contributed by atoms with Gasteiger partial charge in [-0.1, -0.05) is 13.8 Å². The Hall–Kier alpha value is -0.570. The summed E-state index contributed by atoms with van der Waals surface area (Å²) in [6.45, 7) is 4.74. The van der Waals surface area contributed by atoms with Gasteiger partial charge in [-0.3, -0.25) is 0 Å². The summed E-state index contributed by atoms with van der Waals surface area (Å²) in [4.78, 5) is 10.4. The first-order valence-electron chi connectivity index (χ1n) is 3.86. The van der Waals surface area contributed by atoms with Crippen molar-refractivity contribution in [2.24, 2.45) is 5.41 Å². The normalized spacial score (nSPS) is 29.8. The number of hydrogen-bond acceptors (Lipinski definition) is 2. The van der Waals surface area contributed by atoms with Crippen molar-refractivity contribution < 1.29 is 14.6 Å². The molecule has 1 N–H and O–H groups in total. The van der Waals surface area contributed by atoms with Gasteiger partial charge in [0.15, 0.2) is 6.10 Å². The predicted molar refractivity (Wildman–Crippen MR) is 40.4 cm³/mol. The SMILES string of the molecule is CC1(C)CC[C@@H](C(=O)O)OC1. The molecule has 3 nitrogen and oxygen atoms in total. The number of carbonyl (C=O) groups is 1. The minimum atomic E-state index is -0.833. The number of aliphatic carboxylic acids is 1. The Morgan fingerprint density at radius 3 is 2.64 bits per heavy atom. The Morgan fingerprint density at radius 1 is 1.64 bits per heavy atom. The Kier molecular flexibility index (Phi) is 2.18. The molecule has 1 atom stereocenters. The van der Waals surface area contributed by atoms with Gasteiger partial charge in [-0.2, -0.15) is 0 Å². The zero-order valence-corrected chi connectivity index (χ0v) is 6.96. The summed E-state index contributed by atoms with van der Waals surface area (Å²) in [6.07, 6.45) is 1.01. The van der Waals surface area contributed by atoms with Crippen LogP contribution in [-0.2, 0) is 9.53 Å². The molecule has 0 radical (unpaired) electrons. The fourth-order valence-corrected chi connectivity index (χ4v) is 1.20. The number of carboxylic acids is 1. The molecule has 11 heavy (non-hydrogen) atoms. The van der Waals surface area contributed by atoms with Crippen molar-refractivity contribution in [1.29, 1.82) is 0 Å². The van der Waals surface area contributed by atoms with Crippen LogP contribution in [0.2, 0.25) is 0 Å². The van der Waals surface area contributed by atoms with Crippen LogP contribution in [-0.4, -0.2) is 23.8 Å². The van der Waals surface area contributed by atoms with Crippen molar-refractivity contribution in [3.63, 3.8) is 0 Å². The molecule has 1 fully saturated rings. The lowest BCUT2D eigenvalue weighted by Gasteiger charge is -2.32. The van der Waals surface area contributed by atoms with Crippen molar-refractivity contribution in [2.45, 2.75) is 32.8 Å². The van der Waals surface area contributed by atoms with Gasteiger partial charge in [-0.05, 0) is 18.3 Å². The summed E-state index contributed by atoms with van der Waals surface area (Å²) >= 11 is 0. The molecular formula is C8H14O3. The second-order valence-corrected chi connectivity index (χ2v) is 3.84. The minimum Gasteiger partial charge on any atom is -0.479 e. The summed E-state index contributed by atoms with van der Waals surface area (Å²) in [5, 5.41) is 8.58. The molecule has 1 aliphatic heterocycles. The average molecular weight is 158 g/mol. The van der Waals surface area contributed by atoms with E-state index < -0.39 is 12.1 Å². The molecule has 0 aromatic carbocycles. The van der Waals surface area contributed by atoms with Gasteiger partial charge in [-0.25, -0.2) is 4.79 Å². The highest BCUT2D eigenvalue weighted by Crippen LogP contribution is 2.29. The third-order valence-corrected chi connectivity index (χ3v) is 2.03. The van der Waals surface area contributed by atoms with Gasteiger partial charge < -0.3 is 9.84 Å². The summed E-state index contributed by atoms with van der Waals surface area (Å²) in [5.41, 5.74) is 0.159. The second-order valence-electron chi connectivity index (χ2n) is 3.84. The predicted octanol–water partition coefficient (Wildman–Crippen LogP) is 1.28. The van der Waals surface area contributed by atoms with Gasteiger partial charge in [0.25, 0.3) is 0 Å². The van der Waals surface area contributed by atoms with Crippen LogP contribution in [0.15, 0.2) is 0 Å². The van der Waals surface area contributed by atoms with Crippen LogP contribution in [0.3, 0.4) is 0 Å². The highest BCUT2D eigenvalue weighted by molar-refractivity contribution is 5.72. The van der Waals surface area contributed by atoms with Gasteiger partial charge in [0.2, 0.25) is 0 Å². The molecule has 0 aromatic heterocycles. The highest BCUT2D eigenvalue weighted by atomic mass is 16.5. The van der Waals surface area contributed by atoms with E-state index >= 15 is 0 Å². The molecule has 1 aliphatic rings. The lowest BCUT2D eigenvalue weighted by atomic mass is 9.85. The molecule has 0 aromatic rings. The molecule has 64 valence electrons. The lowest BCUT2D eigenvalue weighted by Crippen LogP contribution is -2.36. The van der Waals surface area contributed by atoms with Crippen LogP contribution in [0.25, 0.3) is 0 Å². The molecule has 0 spiro atoms. The van der Waals surface area contributed by atoms with E-state index in [-0.39, 0.29) is 5.41 Å². The van der Waals surface area contributed by atoms with E-state index in [4.69, 9.17) is 9.84 Å². The maximum absolute atomic E-state index is 10.4. The average Bonchev–Trinajstić information content (AvgIpc) is 1.86. The minimum absolute atomic E-state index is 0.159. The number of rotatable bonds is 1. The summed E-state index contributed by atoms with van der Waals surface area (Å²) < 4.78 is 5.16. The molecule has 0 aliphatic carbocycles. The zero-order chi connectivity index (χ0) is 8.48. The second kappa shape index (κ2) is 2.81. The maximum atomic E-state index is 10.4. The molecule has 0 amide bonds. The first-order chi connectivity index (χ1) is 5.01. The molecule has 0 unspecified atom stereocenters. The van der Waals surface area contributed by atoms with Crippen molar-refractivity contribution in [2.75, 3.05) is 6.61 Å². The van der Waals surface area contributed by atoms with Gasteiger partial charge >= 0.3 is 5.97 Å². The first-order valence-corrected chi connectivity index (χ1v) is 3.86. The molecule has 1 saturated heterocycles. The van der Waals surface area contributed by atoms with Crippen LogP contribution in [0.1, 0.15) is 26.7 Å². The summed E-state index contributed by atoms with van der Waals surface area (Å²) in [6, 6.07) is 0. The number of ether oxygens (including phenoxy) is 1. The molecular weight excluding hydrogens is 144 g/mol. The van der Waals surface area contributed by atoms with E-state index in [0.29, 0.717) is 13.0 Å². The van der Waals surface area contributed by atoms with Gasteiger partial charge in [0.1, 0.15) is 0 Å². The number of carboxylic acid groups (broad SMARTS) is 1. The van der Waals surface area contributed by atoms with Crippen molar-refractivity contribution >= 4 is 5.97 Å². The van der Waals surface area contributed by atoms with Gasteiger partial charge in [-0.15, -0.1) is 0 Å². The first kappa shape index (κ1) is 8.53. The highest BCUT2D eigenvalue weighted by Gasteiger charge is 2.30. The third kappa shape index (κ3) is 2.19. The quantitative estimate of drug-likeness (QED) is 0.625.